The Morgan fingerprint density at radius 3 is 2.95 bits per heavy atom. The van der Waals surface area contributed by atoms with Gasteiger partial charge in [0.2, 0.25) is 0 Å². The maximum absolute atomic E-state index is 11.3. The van der Waals surface area contributed by atoms with Crippen LogP contribution in [0, 0.1) is 0 Å². The fourth-order valence-electron chi connectivity index (χ4n) is 3.36. The molecular formula is C15H21N3O2. The Hall–Kier alpha value is -1.75. The standard InChI is InChI=1S/C15H21N3O2/c1-16-15(19)20-11-4-5-13-12(9-11)10-6-7-17(2)14(8-10)18(13)3/h4-5,9-10,14H,6-8H2,1-3H3,(H,16,19). The van der Waals surface area contributed by atoms with Gasteiger partial charge in [-0.2, -0.15) is 0 Å². The maximum Gasteiger partial charge on any atom is 0.412 e. The highest BCUT2D eigenvalue weighted by atomic mass is 16.5. The van der Waals surface area contributed by atoms with Crippen LogP contribution in [0.2, 0.25) is 0 Å². The molecule has 1 saturated heterocycles. The average molecular weight is 275 g/mol. The zero-order chi connectivity index (χ0) is 14.3. The molecule has 2 aliphatic rings. The molecule has 5 nitrogen and oxygen atoms in total. The van der Waals surface area contributed by atoms with Gasteiger partial charge in [0.05, 0.1) is 6.17 Å². The summed E-state index contributed by atoms with van der Waals surface area (Å²) in [5, 5.41) is 2.47. The molecule has 0 aromatic heterocycles. The third kappa shape index (κ3) is 2.12. The lowest BCUT2D eigenvalue weighted by atomic mass is 9.83. The first-order valence-electron chi connectivity index (χ1n) is 7.06. The second-order valence-electron chi connectivity index (χ2n) is 5.65. The van der Waals surface area contributed by atoms with E-state index in [2.05, 4.69) is 35.3 Å². The van der Waals surface area contributed by atoms with Gasteiger partial charge in [-0.3, -0.25) is 4.90 Å². The number of anilines is 1. The molecule has 2 heterocycles. The topological polar surface area (TPSA) is 44.8 Å². The van der Waals surface area contributed by atoms with Crippen molar-refractivity contribution in [2.75, 3.05) is 32.6 Å². The molecule has 1 N–H and O–H groups in total. The number of ether oxygens (including phenoxy) is 1. The summed E-state index contributed by atoms with van der Waals surface area (Å²) in [5.74, 6) is 1.18. The summed E-state index contributed by atoms with van der Waals surface area (Å²) in [6.45, 7) is 1.11. The van der Waals surface area contributed by atoms with Crippen LogP contribution < -0.4 is 15.0 Å². The molecule has 2 unspecified atom stereocenters. The van der Waals surface area contributed by atoms with Crippen molar-refractivity contribution in [2.45, 2.75) is 24.9 Å². The van der Waals surface area contributed by atoms with Crippen LogP contribution in [-0.4, -0.2) is 44.8 Å². The molecule has 1 amide bonds. The van der Waals surface area contributed by atoms with Crippen LogP contribution in [0.15, 0.2) is 18.2 Å². The van der Waals surface area contributed by atoms with E-state index in [0.717, 1.165) is 19.4 Å². The molecule has 108 valence electrons. The predicted octanol–water partition coefficient (Wildman–Crippen LogP) is 1.99. The van der Waals surface area contributed by atoms with E-state index in [1.54, 1.807) is 7.05 Å². The number of hydrogen-bond acceptors (Lipinski definition) is 4. The minimum absolute atomic E-state index is 0.421. The minimum Gasteiger partial charge on any atom is -0.410 e. The zero-order valence-electron chi connectivity index (χ0n) is 12.2. The molecule has 0 saturated carbocycles. The van der Waals surface area contributed by atoms with Gasteiger partial charge in [0, 0.05) is 26.3 Å². The van der Waals surface area contributed by atoms with Crippen LogP contribution in [0.3, 0.4) is 0 Å². The predicted molar refractivity (Wildman–Crippen MR) is 78.3 cm³/mol. The lowest BCUT2D eigenvalue weighted by Gasteiger charge is -2.48. The number of nitrogens with one attached hydrogen (secondary N) is 1. The summed E-state index contributed by atoms with van der Waals surface area (Å²) < 4.78 is 5.24. The third-order valence-electron chi connectivity index (χ3n) is 4.51. The van der Waals surface area contributed by atoms with E-state index in [9.17, 15) is 4.79 Å². The lowest BCUT2D eigenvalue weighted by molar-refractivity contribution is 0.159. The Kier molecular flexibility index (Phi) is 3.30. The van der Waals surface area contributed by atoms with Gasteiger partial charge in [-0.15, -0.1) is 0 Å². The van der Waals surface area contributed by atoms with E-state index in [-0.39, 0.29) is 0 Å². The number of hydrogen-bond donors (Lipinski definition) is 1. The number of nitrogens with zero attached hydrogens (tertiary/aromatic N) is 2. The van der Waals surface area contributed by atoms with Gasteiger partial charge < -0.3 is 15.0 Å². The second kappa shape index (κ2) is 4.98. The first-order chi connectivity index (χ1) is 9.60. The summed E-state index contributed by atoms with van der Waals surface area (Å²) >= 11 is 0. The van der Waals surface area contributed by atoms with Crippen LogP contribution in [0.1, 0.15) is 24.3 Å². The van der Waals surface area contributed by atoms with Crippen LogP contribution >= 0.6 is 0 Å². The molecule has 0 radical (unpaired) electrons. The Labute approximate surface area is 119 Å². The molecule has 2 aliphatic heterocycles. The highest BCUT2D eigenvalue weighted by Crippen LogP contribution is 2.44. The Balaban J connectivity index is 1.93. The fraction of sp³-hybridized carbons (Fsp3) is 0.533. The van der Waals surface area contributed by atoms with Crippen molar-refractivity contribution in [3.63, 3.8) is 0 Å². The van der Waals surface area contributed by atoms with Crippen molar-refractivity contribution in [3.05, 3.63) is 23.8 Å². The van der Waals surface area contributed by atoms with Crippen LogP contribution in [0.5, 0.6) is 5.75 Å². The summed E-state index contributed by atoms with van der Waals surface area (Å²) in [4.78, 5) is 16.1. The number of piperidine rings is 1. The van der Waals surface area contributed by atoms with E-state index in [0.29, 0.717) is 17.8 Å². The van der Waals surface area contributed by atoms with Crippen LogP contribution in [0.4, 0.5) is 10.5 Å². The van der Waals surface area contributed by atoms with Gasteiger partial charge in [0.1, 0.15) is 5.75 Å². The first-order valence-corrected chi connectivity index (χ1v) is 7.06. The minimum atomic E-state index is -0.421. The Bertz CT molecular complexity index is 532. The highest BCUT2D eigenvalue weighted by molar-refractivity contribution is 5.71. The van der Waals surface area contributed by atoms with Crippen molar-refractivity contribution in [1.82, 2.24) is 10.2 Å². The molecule has 20 heavy (non-hydrogen) atoms. The molecule has 0 aliphatic carbocycles. The molecule has 3 rings (SSSR count). The van der Waals surface area contributed by atoms with Crippen LogP contribution in [0.25, 0.3) is 0 Å². The van der Waals surface area contributed by atoms with Gasteiger partial charge in [-0.05, 0) is 49.6 Å². The number of fused-ring (bicyclic) bond motifs is 4. The Morgan fingerprint density at radius 2 is 2.20 bits per heavy atom. The average Bonchev–Trinajstić information content (AvgIpc) is 2.46. The van der Waals surface area contributed by atoms with Crippen molar-refractivity contribution >= 4 is 11.8 Å². The van der Waals surface area contributed by atoms with Gasteiger partial charge in [0.15, 0.2) is 0 Å². The van der Waals surface area contributed by atoms with Crippen molar-refractivity contribution in [3.8, 4) is 5.75 Å². The number of carbonyl (C=O) groups is 1. The van der Waals surface area contributed by atoms with Gasteiger partial charge in [0.25, 0.3) is 0 Å². The molecule has 1 aromatic carbocycles. The molecule has 1 fully saturated rings. The van der Waals surface area contributed by atoms with E-state index in [1.165, 1.54) is 11.3 Å². The van der Waals surface area contributed by atoms with Gasteiger partial charge in [-0.25, -0.2) is 4.79 Å². The number of rotatable bonds is 1. The molecule has 2 atom stereocenters. The monoisotopic (exact) mass is 275 g/mol. The molecule has 5 heteroatoms. The molecule has 1 aromatic rings. The van der Waals surface area contributed by atoms with E-state index in [1.807, 2.05) is 12.1 Å². The lowest BCUT2D eigenvalue weighted by Crippen LogP contribution is -2.52. The SMILES string of the molecule is CNC(=O)Oc1ccc2c(c1)C1CCN(C)C(C1)N2C. The summed E-state index contributed by atoms with van der Waals surface area (Å²) in [6, 6.07) is 5.95. The Morgan fingerprint density at radius 1 is 1.40 bits per heavy atom. The number of likely N-dealkylation sites (tertiary alicyclic amines) is 1. The summed E-state index contributed by atoms with van der Waals surface area (Å²) in [5.41, 5.74) is 2.56. The van der Waals surface area contributed by atoms with Gasteiger partial charge >= 0.3 is 6.09 Å². The van der Waals surface area contributed by atoms with E-state index < -0.39 is 6.09 Å². The quantitative estimate of drug-likeness (QED) is 0.851. The summed E-state index contributed by atoms with van der Waals surface area (Å²) in [6.07, 6.45) is 2.36. The molecule has 2 bridgehead atoms. The third-order valence-corrected chi connectivity index (χ3v) is 4.51. The highest BCUT2D eigenvalue weighted by Gasteiger charge is 2.36. The smallest absolute Gasteiger partial charge is 0.410 e. The number of amides is 1. The zero-order valence-corrected chi connectivity index (χ0v) is 12.2. The van der Waals surface area contributed by atoms with Gasteiger partial charge in [-0.1, -0.05) is 0 Å². The number of benzene rings is 1. The maximum atomic E-state index is 11.3. The van der Waals surface area contributed by atoms with E-state index >= 15 is 0 Å². The number of carbonyl (C=O) groups excluding carboxylic acids is 1. The second-order valence-corrected chi connectivity index (χ2v) is 5.65. The van der Waals surface area contributed by atoms with Crippen molar-refractivity contribution < 1.29 is 9.53 Å². The fourth-order valence-corrected chi connectivity index (χ4v) is 3.36. The van der Waals surface area contributed by atoms with E-state index in [4.69, 9.17) is 4.74 Å². The first kappa shape index (κ1) is 13.2. The molecular weight excluding hydrogens is 254 g/mol. The van der Waals surface area contributed by atoms with Crippen molar-refractivity contribution in [2.24, 2.45) is 0 Å². The largest absolute Gasteiger partial charge is 0.412 e. The van der Waals surface area contributed by atoms with Crippen molar-refractivity contribution in [1.29, 1.82) is 0 Å². The normalized spacial score (nSPS) is 25.1. The summed E-state index contributed by atoms with van der Waals surface area (Å²) in [7, 11) is 5.89. The molecule has 0 spiro atoms. The van der Waals surface area contributed by atoms with Crippen LogP contribution in [-0.2, 0) is 0 Å².